The van der Waals surface area contributed by atoms with E-state index in [-0.39, 0.29) is 11.3 Å². The molecule has 0 unspecified atom stereocenters. The third kappa shape index (κ3) is 3.47. The molecule has 1 heterocycles. The number of esters is 2. The van der Waals surface area contributed by atoms with E-state index in [4.69, 9.17) is 14.2 Å². The summed E-state index contributed by atoms with van der Waals surface area (Å²) < 4.78 is 20.9. The molecule has 0 spiro atoms. The molecule has 11 nitrogen and oxygen atoms in total. The fraction of sp³-hybridized carbons (Fsp3) is 0.286. The summed E-state index contributed by atoms with van der Waals surface area (Å²) >= 11 is 0. The number of phenolic OH excluding ortho intramolecular Hbond substituents is 3. The summed E-state index contributed by atoms with van der Waals surface area (Å²) in [6.45, 7) is 1.06. The summed E-state index contributed by atoms with van der Waals surface area (Å²) in [5, 5.41) is 41.3. The minimum atomic E-state index is -2.79. The van der Waals surface area contributed by atoms with Crippen molar-refractivity contribution in [2.45, 2.75) is 24.7 Å². The Bertz CT molecular complexity index is 1110. The number of aliphatic hydroxyl groups is 1. The Morgan fingerprint density at radius 1 is 1.06 bits per heavy atom. The Kier molecular flexibility index (Phi) is 5.73. The van der Waals surface area contributed by atoms with Gasteiger partial charge < -0.3 is 39.4 Å². The molecular formula is C21H20O11. The number of ether oxygens (including phenoxy) is 4. The Morgan fingerprint density at radius 3 is 2.31 bits per heavy atom. The van der Waals surface area contributed by atoms with Crippen LogP contribution in [-0.4, -0.2) is 58.0 Å². The van der Waals surface area contributed by atoms with Gasteiger partial charge in [0.1, 0.15) is 22.8 Å². The highest BCUT2D eigenvalue weighted by molar-refractivity contribution is 6.10. The van der Waals surface area contributed by atoms with Crippen LogP contribution in [-0.2, 0) is 24.8 Å². The van der Waals surface area contributed by atoms with Crippen LogP contribution in [0.4, 0.5) is 0 Å². The standard InChI is InChI=1S/C21H20O11/c1-10(22)31-15-7-12(23)8-16-18(15)19(27)20(28,9-17(26)29-2)21(30-3,32-16)11-4-5-13(24)14(25)6-11/h4-8,23-25,28H,9H2,1-3H3/t20-,21+/m0/s1. The number of benzene rings is 2. The zero-order valence-corrected chi connectivity index (χ0v) is 17.2. The molecule has 2 aromatic carbocycles. The summed E-state index contributed by atoms with van der Waals surface area (Å²) in [4.78, 5) is 37.3. The van der Waals surface area contributed by atoms with E-state index < -0.39 is 64.1 Å². The van der Waals surface area contributed by atoms with Gasteiger partial charge in [0.2, 0.25) is 11.4 Å². The third-order valence-electron chi connectivity index (χ3n) is 4.98. The highest BCUT2D eigenvalue weighted by atomic mass is 16.7. The van der Waals surface area contributed by atoms with Crippen molar-refractivity contribution in [1.29, 1.82) is 0 Å². The fourth-order valence-corrected chi connectivity index (χ4v) is 3.54. The van der Waals surface area contributed by atoms with Gasteiger partial charge in [-0.15, -0.1) is 0 Å². The van der Waals surface area contributed by atoms with Gasteiger partial charge >= 0.3 is 11.9 Å². The van der Waals surface area contributed by atoms with E-state index in [9.17, 15) is 34.8 Å². The zero-order valence-electron chi connectivity index (χ0n) is 17.2. The van der Waals surface area contributed by atoms with Gasteiger partial charge in [-0.1, -0.05) is 0 Å². The molecule has 0 saturated heterocycles. The molecule has 2 atom stereocenters. The molecule has 0 fully saturated rings. The molecule has 2 aromatic rings. The number of methoxy groups -OCH3 is 2. The molecule has 32 heavy (non-hydrogen) atoms. The van der Waals surface area contributed by atoms with Gasteiger partial charge in [0, 0.05) is 31.7 Å². The minimum absolute atomic E-state index is 0.155. The summed E-state index contributed by atoms with van der Waals surface area (Å²) in [6, 6.07) is 5.20. The maximum atomic E-state index is 13.6. The van der Waals surface area contributed by atoms with E-state index in [1.54, 1.807) is 0 Å². The van der Waals surface area contributed by atoms with Crippen molar-refractivity contribution >= 4 is 17.7 Å². The van der Waals surface area contributed by atoms with Crippen LogP contribution >= 0.6 is 0 Å². The Balaban J connectivity index is 2.35. The number of rotatable bonds is 5. The van der Waals surface area contributed by atoms with Crippen LogP contribution in [0.15, 0.2) is 30.3 Å². The van der Waals surface area contributed by atoms with Crippen molar-refractivity contribution in [2.24, 2.45) is 0 Å². The van der Waals surface area contributed by atoms with Gasteiger partial charge in [-0.2, -0.15) is 0 Å². The van der Waals surface area contributed by atoms with Crippen molar-refractivity contribution in [3.63, 3.8) is 0 Å². The molecule has 11 heteroatoms. The van der Waals surface area contributed by atoms with Crippen molar-refractivity contribution in [1.82, 2.24) is 0 Å². The molecule has 3 rings (SSSR count). The summed E-state index contributed by atoms with van der Waals surface area (Å²) in [6.07, 6.45) is -0.961. The van der Waals surface area contributed by atoms with Crippen molar-refractivity contribution in [3.05, 3.63) is 41.5 Å². The van der Waals surface area contributed by atoms with Crippen molar-refractivity contribution in [3.8, 4) is 28.7 Å². The molecule has 170 valence electrons. The van der Waals surface area contributed by atoms with E-state index >= 15 is 0 Å². The first-order chi connectivity index (χ1) is 15.0. The monoisotopic (exact) mass is 448 g/mol. The van der Waals surface area contributed by atoms with Crippen LogP contribution in [0.5, 0.6) is 28.7 Å². The molecule has 4 N–H and O–H groups in total. The van der Waals surface area contributed by atoms with E-state index in [0.717, 1.165) is 45.4 Å². The minimum Gasteiger partial charge on any atom is -0.508 e. The summed E-state index contributed by atoms with van der Waals surface area (Å²) in [5.41, 5.74) is -3.38. The smallest absolute Gasteiger partial charge is 0.309 e. The largest absolute Gasteiger partial charge is 0.508 e. The number of carbonyl (C=O) groups is 3. The van der Waals surface area contributed by atoms with Crippen LogP contribution in [0, 0.1) is 0 Å². The molecule has 0 amide bonds. The van der Waals surface area contributed by atoms with Crippen molar-refractivity contribution < 1.29 is 53.8 Å². The molecule has 1 aliphatic rings. The molecule has 0 radical (unpaired) electrons. The molecule has 1 aliphatic heterocycles. The lowest BCUT2D eigenvalue weighted by Gasteiger charge is -2.47. The van der Waals surface area contributed by atoms with Gasteiger partial charge in [-0.3, -0.25) is 14.4 Å². The van der Waals surface area contributed by atoms with E-state index in [1.165, 1.54) is 6.07 Å². The molecule has 0 saturated carbocycles. The molecular weight excluding hydrogens is 428 g/mol. The Labute approximate surface area is 181 Å². The number of hydrogen-bond acceptors (Lipinski definition) is 11. The number of aromatic hydroxyl groups is 3. The van der Waals surface area contributed by atoms with Gasteiger partial charge in [0.15, 0.2) is 11.5 Å². The second kappa shape index (κ2) is 8.02. The highest BCUT2D eigenvalue weighted by Crippen LogP contribution is 2.52. The first-order valence-electron chi connectivity index (χ1n) is 9.15. The first-order valence-corrected chi connectivity index (χ1v) is 9.15. The Morgan fingerprint density at radius 2 is 1.75 bits per heavy atom. The first kappa shape index (κ1) is 22.8. The number of carbonyl (C=O) groups excluding carboxylic acids is 3. The van der Waals surface area contributed by atoms with Gasteiger partial charge in [-0.05, 0) is 18.2 Å². The van der Waals surface area contributed by atoms with Crippen molar-refractivity contribution in [2.75, 3.05) is 14.2 Å². The molecule has 0 aromatic heterocycles. The molecule has 0 bridgehead atoms. The lowest BCUT2D eigenvalue weighted by molar-refractivity contribution is -0.268. The van der Waals surface area contributed by atoms with E-state index in [0.29, 0.717) is 0 Å². The lowest BCUT2D eigenvalue weighted by atomic mass is 9.76. The number of ketones is 1. The SMILES string of the molecule is COC(=O)C[C@]1(O)C(=O)c2c(OC(C)=O)cc(O)cc2O[C@]1(OC)c1ccc(O)c(O)c1. The normalized spacial score (nSPS) is 21.9. The molecule has 0 aliphatic carbocycles. The number of phenols is 3. The number of Topliss-reactive ketones (excluding diaryl/α,β-unsaturated/α-hetero) is 1. The van der Waals surface area contributed by atoms with Gasteiger partial charge in [0.05, 0.1) is 13.5 Å². The van der Waals surface area contributed by atoms with Crippen LogP contribution in [0.25, 0.3) is 0 Å². The van der Waals surface area contributed by atoms with Crippen LogP contribution < -0.4 is 9.47 Å². The maximum Gasteiger partial charge on any atom is 0.309 e. The average molecular weight is 448 g/mol. The second-order valence-corrected chi connectivity index (χ2v) is 6.98. The lowest BCUT2D eigenvalue weighted by Crippen LogP contribution is -2.64. The van der Waals surface area contributed by atoms with Crippen LogP contribution in [0.3, 0.4) is 0 Å². The highest BCUT2D eigenvalue weighted by Gasteiger charge is 2.65. The average Bonchev–Trinajstić information content (AvgIpc) is 2.72. The van der Waals surface area contributed by atoms with E-state index in [2.05, 4.69) is 4.74 Å². The quantitative estimate of drug-likeness (QED) is 0.293. The van der Waals surface area contributed by atoms with Crippen LogP contribution in [0.1, 0.15) is 29.3 Å². The third-order valence-corrected chi connectivity index (χ3v) is 4.98. The van der Waals surface area contributed by atoms with Crippen LogP contribution in [0.2, 0.25) is 0 Å². The predicted molar refractivity (Wildman–Crippen MR) is 104 cm³/mol. The summed E-state index contributed by atoms with van der Waals surface area (Å²) in [5.74, 6) is -7.75. The zero-order chi connectivity index (χ0) is 23.8. The Hall–Kier alpha value is -3.83. The predicted octanol–water partition coefficient (Wildman–Crippen LogP) is 1.10. The number of fused-ring (bicyclic) bond motifs is 1. The van der Waals surface area contributed by atoms with E-state index in [1.807, 2.05) is 0 Å². The summed E-state index contributed by atoms with van der Waals surface area (Å²) in [7, 11) is 2.11. The number of hydrogen-bond donors (Lipinski definition) is 4. The fourth-order valence-electron chi connectivity index (χ4n) is 3.54. The maximum absolute atomic E-state index is 13.6. The topological polar surface area (TPSA) is 169 Å². The second-order valence-electron chi connectivity index (χ2n) is 6.98. The van der Waals surface area contributed by atoms with Gasteiger partial charge in [-0.25, -0.2) is 0 Å². The van der Waals surface area contributed by atoms with Gasteiger partial charge in [0.25, 0.3) is 5.79 Å².